The van der Waals surface area contributed by atoms with E-state index in [2.05, 4.69) is 4.90 Å². The molecule has 0 aliphatic carbocycles. The van der Waals surface area contributed by atoms with E-state index in [-0.39, 0.29) is 12.5 Å². The summed E-state index contributed by atoms with van der Waals surface area (Å²) >= 11 is 7.56. The van der Waals surface area contributed by atoms with E-state index in [0.717, 1.165) is 22.1 Å². The van der Waals surface area contributed by atoms with Gasteiger partial charge in [-0.3, -0.25) is 9.18 Å². The van der Waals surface area contributed by atoms with E-state index in [1.807, 2.05) is 13.8 Å². The van der Waals surface area contributed by atoms with Gasteiger partial charge in [0.2, 0.25) is 0 Å². The molecule has 0 unspecified atom stereocenters. The third-order valence-corrected chi connectivity index (χ3v) is 5.27. The summed E-state index contributed by atoms with van der Waals surface area (Å²) in [6.07, 6.45) is 2.87. The molecular formula is C18H21ClFNO2S. The van der Waals surface area contributed by atoms with E-state index in [1.54, 1.807) is 36.0 Å². The molecule has 0 atom stereocenters. The second-order valence-corrected chi connectivity index (χ2v) is 7.15. The lowest BCUT2D eigenvalue weighted by Gasteiger charge is -2.21. The zero-order valence-electron chi connectivity index (χ0n) is 14.1. The molecule has 0 fully saturated rings. The van der Waals surface area contributed by atoms with Crippen LogP contribution in [0.1, 0.15) is 37.0 Å². The number of carbonyl (C=O) groups excluding carboxylic acids is 1. The third kappa shape index (κ3) is 4.33. The van der Waals surface area contributed by atoms with Crippen molar-refractivity contribution in [3.63, 3.8) is 0 Å². The van der Waals surface area contributed by atoms with E-state index in [4.69, 9.17) is 16.3 Å². The Bertz CT molecular complexity index is 688. The van der Waals surface area contributed by atoms with Gasteiger partial charge < -0.3 is 9.64 Å². The Morgan fingerprint density at radius 2 is 2.12 bits per heavy atom. The van der Waals surface area contributed by atoms with Gasteiger partial charge in [-0.15, -0.1) is 0 Å². The van der Waals surface area contributed by atoms with Crippen LogP contribution in [-0.4, -0.2) is 31.0 Å². The highest BCUT2D eigenvalue weighted by atomic mass is 35.5. The van der Waals surface area contributed by atoms with Gasteiger partial charge in [0.15, 0.2) is 5.78 Å². The Kier molecular flexibility index (Phi) is 6.75. The predicted octanol–water partition coefficient (Wildman–Crippen LogP) is 5.42. The molecule has 3 nitrogen and oxygen atoms in total. The van der Waals surface area contributed by atoms with Gasteiger partial charge in [-0.2, -0.15) is 0 Å². The molecule has 24 heavy (non-hydrogen) atoms. The van der Waals surface area contributed by atoms with Gasteiger partial charge in [0.1, 0.15) is 5.75 Å². The summed E-state index contributed by atoms with van der Waals surface area (Å²) in [5.41, 5.74) is 1.54. The molecular weight excluding hydrogens is 349 g/mol. The number of hydrogen-bond donors (Lipinski definition) is 0. The van der Waals surface area contributed by atoms with Crippen molar-refractivity contribution in [1.29, 1.82) is 0 Å². The molecule has 1 aromatic rings. The van der Waals surface area contributed by atoms with Crippen molar-refractivity contribution in [3.05, 3.63) is 50.5 Å². The molecule has 0 N–H and O–H groups in total. The lowest BCUT2D eigenvalue weighted by Crippen LogP contribution is -2.18. The number of thioether (sulfide) groups is 1. The molecule has 0 radical (unpaired) electrons. The summed E-state index contributed by atoms with van der Waals surface area (Å²) in [6.45, 7) is 4.42. The van der Waals surface area contributed by atoms with Gasteiger partial charge in [0.05, 0.1) is 24.4 Å². The van der Waals surface area contributed by atoms with Crippen molar-refractivity contribution in [2.24, 2.45) is 0 Å². The fourth-order valence-electron chi connectivity index (χ4n) is 2.45. The number of unbranched alkanes of at least 4 members (excludes halogenated alkanes) is 1. The normalized spacial score (nSPS) is 16.2. The summed E-state index contributed by atoms with van der Waals surface area (Å²) in [4.78, 5) is 15.9. The molecule has 0 amide bonds. The van der Waals surface area contributed by atoms with E-state index in [0.29, 0.717) is 29.3 Å². The number of ketones is 1. The molecule has 1 heterocycles. The van der Waals surface area contributed by atoms with E-state index < -0.39 is 0 Å². The van der Waals surface area contributed by atoms with Crippen molar-refractivity contribution in [3.8, 4) is 5.75 Å². The first-order valence-electron chi connectivity index (χ1n) is 7.76. The van der Waals surface area contributed by atoms with Crippen LogP contribution in [0.3, 0.4) is 0 Å². The molecule has 1 aromatic carbocycles. The molecule has 0 aromatic heterocycles. The summed E-state index contributed by atoms with van der Waals surface area (Å²) in [6, 6.07) is 4.98. The Hall–Kier alpha value is -1.46. The average molecular weight is 370 g/mol. The van der Waals surface area contributed by atoms with E-state index in [9.17, 15) is 9.18 Å². The van der Waals surface area contributed by atoms with E-state index in [1.165, 1.54) is 7.11 Å². The number of halogens is 2. The maximum absolute atomic E-state index is 12.7. The first-order chi connectivity index (χ1) is 11.5. The molecule has 0 spiro atoms. The number of methoxy groups -OCH3 is 1. The lowest BCUT2D eigenvalue weighted by atomic mass is 10.1. The molecule has 0 bridgehead atoms. The molecule has 6 heteroatoms. The van der Waals surface area contributed by atoms with Gasteiger partial charge in [-0.1, -0.05) is 23.4 Å². The maximum Gasteiger partial charge on any atom is 0.192 e. The topological polar surface area (TPSA) is 29.5 Å². The smallest absolute Gasteiger partial charge is 0.192 e. The number of carbonyl (C=O) groups is 1. The number of benzene rings is 1. The first kappa shape index (κ1) is 18.9. The molecule has 0 saturated carbocycles. The Labute approximate surface area is 151 Å². The van der Waals surface area contributed by atoms with Gasteiger partial charge in [-0.25, -0.2) is 0 Å². The van der Waals surface area contributed by atoms with Crippen LogP contribution in [0.25, 0.3) is 0 Å². The second-order valence-electron chi connectivity index (χ2n) is 5.48. The summed E-state index contributed by atoms with van der Waals surface area (Å²) < 4.78 is 17.6. The minimum atomic E-state index is -0.319. The lowest BCUT2D eigenvalue weighted by molar-refractivity contribution is 0.104. The minimum absolute atomic E-state index is 0.158. The van der Waals surface area contributed by atoms with Gasteiger partial charge in [0.25, 0.3) is 0 Å². The maximum atomic E-state index is 12.7. The average Bonchev–Trinajstić information content (AvgIpc) is 2.82. The van der Waals surface area contributed by atoms with Crippen molar-refractivity contribution >= 4 is 29.1 Å². The van der Waals surface area contributed by atoms with Crippen LogP contribution in [0, 0.1) is 0 Å². The second kappa shape index (κ2) is 8.58. The van der Waals surface area contributed by atoms with Gasteiger partial charge in [-0.05, 0) is 44.9 Å². The zero-order valence-corrected chi connectivity index (χ0v) is 15.6. The summed E-state index contributed by atoms with van der Waals surface area (Å²) in [7, 11) is 1.52. The van der Waals surface area contributed by atoms with Crippen LogP contribution in [0.2, 0.25) is 5.02 Å². The predicted molar refractivity (Wildman–Crippen MR) is 98.3 cm³/mol. The zero-order chi connectivity index (χ0) is 17.7. The molecule has 1 aliphatic heterocycles. The van der Waals surface area contributed by atoms with Crippen molar-refractivity contribution in [2.75, 3.05) is 20.3 Å². The fraction of sp³-hybridized carbons (Fsp3) is 0.389. The van der Waals surface area contributed by atoms with Crippen LogP contribution in [-0.2, 0) is 0 Å². The number of hydrogen-bond acceptors (Lipinski definition) is 4. The SMILES string of the molecule is COc1ccc(Cl)cc1C(=O)/C=C1\SC(C)=C(C)N1CCCCF. The Balaban J connectivity index is 2.25. The largest absolute Gasteiger partial charge is 0.496 e. The minimum Gasteiger partial charge on any atom is -0.496 e. The van der Waals surface area contributed by atoms with Crippen molar-refractivity contribution in [2.45, 2.75) is 26.7 Å². The molecule has 130 valence electrons. The van der Waals surface area contributed by atoms with Crippen molar-refractivity contribution in [1.82, 2.24) is 4.90 Å². The van der Waals surface area contributed by atoms with Crippen molar-refractivity contribution < 1.29 is 13.9 Å². The number of allylic oxidation sites excluding steroid dienone is 3. The molecule has 1 aliphatic rings. The summed E-state index contributed by atoms with van der Waals surface area (Å²) in [5, 5.41) is 1.35. The van der Waals surface area contributed by atoms with Crippen LogP contribution in [0.15, 0.2) is 39.9 Å². The third-order valence-electron chi connectivity index (χ3n) is 3.88. The molecule has 2 rings (SSSR count). The number of nitrogens with zero attached hydrogens (tertiary/aromatic N) is 1. The van der Waals surface area contributed by atoms with Crippen LogP contribution >= 0.6 is 23.4 Å². The monoisotopic (exact) mass is 369 g/mol. The summed E-state index contributed by atoms with van der Waals surface area (Å²) in [5.74, 6) is 0.337. The Morgan fingerprint density at radius 3 is 2.79 bits per heavy atom. The number of alkyl halides is 1. The highest BCUT2D eigenvalue weighted by molar-refractivity contribution is 8.06. The highest BCUT2D eigenvalue weighted by Gasteiger charge is 2.24. The Morgan fingerprint density at radius 1 is 1.38 bits per heavy atom. The van der Waals surface area contributed by atoms with Crippen LogP contribution in [0.5, 0.6) is 5.75 Å². The van der Waals surface area contributed by atoms with E-state index >= 15 is 0 Å². The standard InChI is InChI=1S/C18H21ClFNO2S/c1-12-13(2)24-18(21(12)9-5-4-8-20)11-16(22)15-10-14(19)6-7-17(15)23-3/h6-7,10-11H,4-5,8-9H2,1-3H3/b18-11-. The highest BCUT2D eigenvalue weighted by Crippen LogP contribution is 2.41. The van der Waals surface area contributed by atoms with Crippen LogP contribution in [0.4, 0.5) is 4.39 Å². The number of ether oxygens (including phenoxy) is 1. The van der Waals surface area contributed by atoms with Gasteiger partial charge in [0, 0.05) is 28.2 Å². The quantitative estimate of drug-likeness (QED) is 0.364. The number of rotatable bonds is 7. The fourth-order valence-corrected chi connectivity index (χ4v) is 3.70. The van der Waals surface area contributed by atoms with Gasteiger partial charge >= 0.3 is 0 Å². The molecule has 0 saturated heterocycles. The first-order valence-corrected chi connectivity index (χ1v) is 8.95. The van der Waals surface area contributed by atoms with Crippen LogP contribution < -0.4 is 4.74 Å².